The quantitative estimate of drug-likeness (QED) is 0.548. The number of benzene rings is 2. The van der Waals surface area contributed by atoms with Crippen molar-refractivity contribution < 1.29 is 5.11 Å². The molecule has 0 bridgehead atoms. The van der Waals surface area contributed by atoms with E-state index in [0.717, 1.165) is 20.9 Å². The van der Waals surface area contributed by atoms with Gasteiger partial charge in [-0.1, -0.05) is 72.1 Å². The zero-order valence-corrected chi connectivity index (χ0v) is 16.2. The van der Waals surface area contributed by atoms with Crippen LogP contribution in [0.15, 0.2) is 45.3 Å². The molecule has 0 heterocycles. The van der Waals surface area contributed by atoms with E-state index < -0.39 is 0 Å². The normalized spacial score (nSPS) is 9.90. The van der Waals surface area contributed by atoms with Gasteiger partial charge in [-0.05, 0) is 48.2 Å². The van der Waals surface area contributed by atoms with Gasteiger partial charge < -0.3 is 5.11 Å². The summed E-state index contributed by atoms with van der Waals surface area (Å²) in [5.41, 5.74) is 4.73. The molecule has 0 saturated carbocycles. The monoisotopic (exact) mass is 462 g/mol. The minimum Gasteiger partial charge on any atom is -0.392 e. The first-order valence-corrected chi connectivity index (χ1v) is 8.85. The molecule has 0 spiro atoms. The number of hydrogen-bond donors (Lipinski definition) is 1. The van der Waals surface area contributed by atoms with Crippen molar-refractivity contribution in [2.24, 2.45) is 0 Å². The molecular formula is C16H17Br3O. The van der Waals surface area contributed by atoms with Gasteiger partial charge in [0.2, 0.25) is 0 Å². The number of rotatable bonds is 2. The van der Waals surface area contributed by atoms with Gasteiger partial charge in [-0.15, -0.1) is 0 Å². The molecule has 0 aromatic heterocycles. The maximum Gasteiger partial charge on any atom is 0.0681 e. The van der Waals surface area contributed by atoms with Crippen LogP contribution in [0.5, 0.6) is 0 Å². The van der Waals surface area contributed by atoms with Gasteiger partial charge in [0.15, 0.2) is 0 Å². The average Bonchev–Trinajstić information content (AvgIpc) is 2.45. The first-order valence-electron chi connectivity index (χ1n) is 6.14. The molecule has 0 atom stereocenters. The molecule has 1 N–H and O–H groups in total. The summed E-state index contributed by atoms with van der Waals surface area (Å²) in [4.78, 5) is 0. The molecule has 2 aromatic carbocycles. The van der Waals surface area contributed by atoms with Gasteiger partial charge in [-0.3, -0.25) is 0 Å². The van der Waals surface area contributed by atoms with Gasteiger partial charge in [0, 0.05) is 14.3 Å². The lowest BCUT2D eigenvalue weighted by Crippen LogP contribution is -1.83. The lowest BCUT2D eigenvalue weighted by Gasteiger charge is -1.99. The van der Waals surface area contributed by atoms with Crippen molar-refractivity contribution in [1.29, 1.82) is 0 Å². The Bertz CT molecular complexity index is 516. The Balaban J connectivity index is 0.000000200. The summed E-state index contributed by atoms with van der Waals surface area (Å²) in [5, 5.41) is 9.67. The van der Waals surface area contributed by atoms with E-state index in [9.17, 15) is 0 Å². The fourth-order valence-corrected chi connectivity index (χ4v) is 2.44. The molecule has 2 rings (SSSR count). The van der Waals surface area contributed by atoms with Gasteiger partial charge in [-0.2, -0.15) is 0 Å². The van der Waals surface area contributed by atoms with E-state index in [0.29, 0.717) is 0 Å². The SMILES string of the molecule is Cc1cc(CBr)ccc1Br.Cc1cc(CO)ccc1Br. The van der Waals surface area contributed by atoms with Crippen LogP contribution >= 0.6 is 47.8 Å². The van der Waals surface area contributed by atoms with Crippen LogP contribution in [0.3, 0.4) is 0 Å². The van der Waals surface area contributed by atoms with Crippen molar-refractivity contribution in [3.63, 3.8) is 0 Å². The highest BCUT2D eigenvalue weighted by Gasteiger charge is 1.95. The van der Waals surface area contributed by atoms with Crippen molar-refractivity contribution in [2.75, 3.05) is 0 Å². The Labute approximate surface area is 145 Å². The van der Waals surface area contributed by atoms with Gasteiger partial charge in [-0.25, -0.2) is 0 Å². The third kappa shape index (κ3) is 5.68. The highest BCUT2D eigenvalue weighted by molar-refractivity contribution is 9.10. The van der Waals surface area contributed by atoms with E-state index in [4.69, 9.17) is 5.11 Å². The van der Waals surface area contributed by atoms with Crippen LogP contribution in [0.2, 0.25) is 0 Å². The summed E-state index contributed by atoms with van der Waals surface area (Å²) in [7, 11) is 0. The zero-order valence-electron chi connectivity index (χ0n) is 11.5. The molecule has 20 heavy (non-hydrogen) atoms. The molecule has 108 valence electrons. The third-order valence-corrected chi connectivity index (χ3v) is 5.21. The molecular weight excluding hydrogens is 448 g/mol. The highest BCUT2D eigenvalue weighted by Crippen LogP contribution is 2.18. The minimum atomic E-state index is 0.119. The maximum atomic E-state index is 8.74. The highest BCUT2D eigenvalue weighted by atomic mass is 79.9. The first kappa shape index (κ1) is 17.9. The van der Waals surface area contributed by atoms with Crippen LogP contribution in [-0.4, -0.2) is 5.11 Å². The van der Waals surface area contributed by atoms with E-state index in [1.165, 1.54) is 15.6 Å². The molecule has 0 fully saturated rings. The van der Waals surface area contributed by atoms with Crippen molar-refractivity contribution >= 4 is 47.8 Å². The average molecular weight is 465 g/mol. The number of aliphatic hydroxyl groups is 1. The Hall–Kier alpha value is -0.160. The molecule has 0 amide bonds. The van der Waals surface area contributed by atoms with Crippen molar-refractivity contribution in [3.05, 3.63) is 67.6 Å². The molecule has 0 saturated heterocycles. The Morgan fingerprint density at radius 2 is 1.30 bits per heavy atom. The fourth-order valence-electron chi connectivity index (χ4n) is 1.60. The van der Waals surface area contributed by atoms with Crippen molar-refractivity contribution in [2.45, 2.75) is 25.8 Å². The van der Waals surface area contributed by atoms with E-state index >= 15 is 0 Å². The zero-order chi connectivity index (χ0) is 15.1. The van der Waals surface area contributed by atoms with E-state index in [1.54, 1.807) is 0 Å². The molecule has 0 aliphatic rings. The van der Waals surface area contributed by atoms with Crippen LogP contribution in [-0.2, 0) is 11.9 Å². The number of halogens is 3. The summed E-state index contributed by atoms with van der Waals surface area (Å²) in [5.74, 6) is 0. The summed E-state index contributed by atoms with van der Waals surface area (Å²) in [6.45, 7) is 4.22. The summed E-state index contributed by atoms with van der Waals surface area (Å²) in [6.07, 6.45) is 0. The number of aliphatic hydroxyl groups excluding tert-OH is 1. The molecule has 1 nitrogen and oxygen atoms in total. The first-order chi connectivity index (χ1) is 9.47. The second-order valence-corrected chi connectivity index (χ2v) is 6.73. The number of hydrogen-bond acceptors (Lipinski definition) is 1. The molecule has 2 aromatic rings. The lowest BCUT2D eigenvalue weighted by atomic mass is 10.1. The van der Waals surface area contributed by atoms with Crippen molar-refractivity contribution in [3.8, 4) is 0 Å². The second kappa shape index (κ2) is 8.98. The van der Waals surface area contributed by atoms with Crippen LogP contribution in [0.25, 0.3) is 0 Å². The Kier molecular flexibility index (Phi) is 8.03. The van der Waals surface area contributed by atoms with E-state index in [1.807, 2.05) is 25.1 Å². The Morgan fingerprint density at radius 1 is 0.850 bits per heavy atom. The van der Waals surface area contributed by atoms with E-state index in [-0.39, 0.29) is 6.61 Å². The standard InChI is InChI=1S/C8H8Br2.C8H9BrO/c1-6-4-7(5-9)2-3-8(6)10;1-6-4-7(5-10)2-3-8(6)9/h2-4H,5H2,1H3;2-4,10H,5H2,1H3. The maximum absolute atomic E-state index is 8.74. The topological polar surface area (TPSA) is 20.2 Å². The minimum absolute atomic E-state index is 0.119. The third-order valence-electron chi connectivity index (χ3n) is 2.78. The summed E-state index contributed by atoms with van der Waals surface area (Å²) >= 11 is 10.2. The largest absolute Gasteiger partial charge is 0.392 e. The lowest BCUT2D eigenvalue weighted by molar-refractivity contribution is 0.281. The second-order valence-electron chi connectivity index (χ2n) is 4.46. The van der Waals surface area contributed by atoms with Crippen molar-refractivity contribution in [1.82, 2.24) is 0 Å². The fraction of sp³-hybridized carbons (Fsp3) is 0.250. The predicted molar refractivity (Wildman–Crippen MR) is 96.3 cm³/mol. The number of aryl methyl sites for hydroxylation is 2. The molecule has 0 aliphatic heterocycles. The van der Waals surface area contributed by atoms with Crippen LogP contribution in [0, 0.1) is 13.8 Å². The van der Waals surface area contributed by atoms with Crippen LogP contribution in [0.4, 0.5) is 0 Å². The van der Waals surface area contributed by atoms with Gasteiger partial charge >= 0.3 is 0 Å². The van der Waals surface area contributed by atoms with Crippen LogP contribution in [0.1, 0.15) is 22.3 Å². The van der Waals surface area contributed by atoms with Crippen LogP contribution < -0.4 is 0 Å². The molecule has 0 radical (unpaired) electrons. The summed E-state index contributed by atoms with van der Waals surface area (Å²) in [6, 6.07) is 12.2. The van der Waals surface area contributed by atoms with Gasteiger partial charge in [0.25, 0.3) is 0 Å². The van der Waals surface area contributed by atoms with Gasteiger partial charge in [0.05, 0.1) is 6.61 Å². The van der Waals surface area contributed by atoms with E-state index in [2.05, 4.69) is 72.9 Å². The number of alkyl halides is 1. The van der Waals surface area contributed by atoms with Gasteiger partial charge in [0.1, 0.15) is 0 Å². The Morgan fingerprint density at radius 3 is 1.70 bits per heavy atom. The predicted octanol–water partition coefficient (Wildman–Crippen LogP) is 5.90. The summed E-state index contributed by atoms with van der Waals surface area (Å²) < 4.78 is 2.27. The molecule has 0 unspecified atom stereocenters. The smallest absolute Gasteiger partial charge is 0.0681 e. The molecule has 0 aliphatic carbocycles. The molecule has 4 heteroatoms.